The fourth-order valence-corrected chi connectivity index (χ4v) is 4.89. The summed E-state index contributed by atoms with van der Waals surface area (Å²) < 4.78 is 6.49. The van der Waals surface area contributed by atoms with E-state index < -0.39 is 0 Å². The first-order valence-corrected chi connectivity index (χ1v) is 10.5. The van der Waals surface area contributed by atoms with E-state index in [2.05, 4.69) is 40.5 Å². The second kappa shape index (κ2) is 6.93. The molecule has 2 aromatic carbocycles. The summed E-state index contributed by atoms with van der Waals surface area (Å²) in [6.45, 7) is 3.88. The number of likely N-dealkylation sites (tertiary alicyclic amines) is 1. The van der Waals surface area contributed by atoms with E-state index in [-0.39, 0.29) is 11.5 Å². The number of hydrogen-bond acceptors (Lipinski definition) is 3. The lowest BCUT2D eigenvalue weighted by Gasteiger charge is -2.45. The zero-order valence-electron chi connectivity index (χ0n) is 16.5. The molecule has 1 aliphatic carbocycles. The van der Waals surface area contributed by atoms with Gasteiger partial charge in [0.25, 0.3) is 0 Å². The van der Waals surface area contributed by atoms with Gasteiger partial charge in [0.05, 0.1) is 0 Å². The van der Waals surface area contributed by atoms with Crippen LogP contribution in [0.25, 0.3) is 11.1 Å². The summed E-state index contributed by atoms with van der Waals surface area (Å²) >= 11 is 0. The number of rotatable bonds is 3. The molecular weight excluding hydrogens is 348 g/mol. The number of anilines is 1. The Morgan fingerprint density at radius 2 is 1.79 bits per heavy atom. The van der Waals surface area contributed by atoms with Gasteiger partial charge in [0.2, 0.25) is 5.91 Å². The first-order valence-electron chi connectivity index (χ1n) is 10.5. The highest BCUT2D eigenvalue weighted by atomic mass is 16.5. The van der Waals surface area contributed by atoms with Gasteiger partial charge in [0.15, 0.2) is 0 Å². The normalized spacial score (nSPS) is 21.0. The Morgan fingerprint density at radius 1 is 1.07 bits per heavy atom. The zero-order chi connectivity index (χ0) is 19.1. The third-order valence-corrected chi connectivity index (χ3v) is 6.74. The van der Waals surface area contributed by atoms with Crippen molar-refractivity contribution < 1.29 is 9.53 Å². The van der Waals surface area contributed by atoms with Gasteiger partial charge in [-0.05, 0) is 53.8 Å². The molecule has 0 unspecified atom stereocenters. The maximum Gasteiger partial charge on any atom is 0.221 e. The van der Waals surface area contributed by atoms with Crippen LogP contribution in [0.2, 0.25) is 0 Å². The number of carbonyl (C=O) groups is 1. The van der Waals surface area contributed by atoms with Gasteiger partial charge < -0.3 is 15.0 Å². The fraction of sp³-hybridized carbons (Fsp3) is 0.458. The Balaban J connectivity index is 1.29. The van der Waals surface area contributed by atoms with Crippen molar-refractivity contribution in [2.75, 3.05) is 18.4 Å². The molecule has 3 aliphatic rings. The number of fused-ring (bicyclic) bond motifs is 1. The van der Waals surface area contributed by atoms with E-state index in [1.807, 2.05) is 12.1 Å². The van der Waals surface area contributed by atoms with Crippen LogP contribution in [0.5, 0.6) is 5.75 Å². The Labute approximate surface area is 166 Å². The summed E-state index contributed by atoms with van der Waals surface area (Å²) in [5.41, 5.74) is 4.55. The van der Waals surface area contributed by atoms with E-state index in [0.717, 1.165) is 42.3 Å². The highest BCUT2D eigenvalue weighted by molar-refractivity contribution is 5.89. The molecule has 1 amide bonds. The molecule has 1 saturated carbocycles. The van der Waals surface area contributed by atoms with Gasteiger partial charge in [-0.15, -0.1) is 0 Å². The summed E-state index contributed by atoms with van der Waals surface area (Å²) in [7, 11) is 0. The van der Waals surface area contributed by atoms with E-state index in [4.69, 9.17) is 4.74 Å². The van der Waals surface area contributed by atoms with Crippen LogP contribution in [-0.4, -0.2) is 35.5 Å². The lowest BCUT2D eigenvalue weighted by molar-refractivity contribution is -0.114. The molecule has 4 nitrogen and oxygen atoms in total. The van der Waals surface area contributed by atoms with Crippen molar-refractivity contribution in [2.45, 2.75) is 57.1 Å². The Bertz CT molecular complexity index is 878. The number of nitrogens with zero attached hydrogens (tertiary/aromatic N) is 1. The molecule has 146 valence electrons. The lowest BCUT2D eigenvalue weighted by atomic mass is 9.83. The number of amides is 1. The average molecular weight is 377 g/mol. The average Bonchev–Trinajstić information content (AvgIpc) is 2.99. The second-order valence-electron chi connectivity index (χ2n) is 8.66. The minimum absolute atomic E-state index is 0.0104. The summed E-state index contributed by atoms with van der Waals surface area (Å²) in [4.78, 5) is 13.9. The Morgan fingerprint density at radius 3 is 2.43 bits per heavy atom. The minimum Gasteiger partial charge on any atom is -0.487 e. The number of piperidine rings is 1. The van der Waals surface area contributed by atoms with Gasteiger partial charge in [0, 0.05) is 51.0 Å². The minimum atomic E-state index is -0.0453. The van der Waals surface area contributed by atoms with Crippen molar-refractivity contribution in [2.24, 2.45) is 0 Å². The number of benzene rings is 2. The van der Waals surface area contributed by atoms with E-state index in [1.54, 1.807) is 0 Å². The Kier molecular flexibility index (Phi) is 4.39. The number of ether oxygens (including phenoxy) is 1. The van der Waals surface area contributed by atoms with Crippen molar-refractivity contribution in [3.8, 4) is 16.9 Å². The van der Waals surface area contributed by atoms with Gasteiger partial charge >= 0.3 is 0 Å². The monoisotopic (exact) mass is 376 g/mol. The van der Waals surface area contributed by atoms with E-state index in [9.17, 15) is 4.79 Å². The maximum atomic E-state index is 11.2. The van der Waals surface area contributed by atoms with Crippen LogP contribution in [0, 0.1) is 0 Å². The third kappa shape index (κ3) is 3.30. The topological polar surface area (TPSA) is 41.6 Å². The van der Waals surface area contributed by atoms with Crippen LogP contribution in [-0.2, 0) is 11.2 Å². The van der Waals surface area contributed by atoms with Gasteiger partial charge in [-0.2, -0.15) is 0 Å². The highest BCUT2D eigenvalue weighted by Crippen LogP contribution is 2.43. The van der Waals surface area contributed by atoms with Gasteiger partial charge in [-0.25, -0.2) is 0 Å². The number of nitrogens with one attached hydrogen (secondary N) is 1. The zero-order valence-corrected chi connectivity index (χ0v) is 16.5. The molecule has 2 aromatic rings. The van der Waals surface area contributed by atoms with Gasteiger partial charge in [-0.3, -0.25) is 4.79 Å². The van der Waals surface area contributed by atoms with E-state index in [0.29, 0.717) is 0 Å². The molecule has 4 heteroatoms. The maximum absolute atomic E-state index is 11.2. The highest BCUT2D eigenvalue weighted by Gasteiger charge is 2.43. The summed E-state index contributed by atoms with van der Waals surface area (Å²) in [5, 5.41) is 2.82. The third-order valence-electron chi connectivity index (χ3n) is 6.74. The summed E-state index contributed by atoms with van der Waals surface area (Å²) in [6, 6.07) is 15.5. The summed E-state index contributed by atoms with van der Waals surface area (Å²) in [6.07, 6.45) is 7.48. The van der Waals surface area contributed by atoms with Crippen LogP contribution in [0.3, 0.4) is 0 Å². The quantitative estimate of drug-likeness (QED) is 0.849. The number of hydrogen-bond donors (Lipinski definition) is 1. The van der Waals surface area contributed by atoms with Crippen molar-refractivity contribution in [1.29, 1.82) is 0 Å². The number of carbonyl (C=O) groups excluding carboxylic acids is 1. The van der Waals surface area contributed by atoms with Gasteiger partial charge in [-0.1, -0.05) is 24.6 Å². The van der Waals surface area contributed by atoms with Crippen LogP contribution < -0.4 is 10.1 Å². The molecule has 2 heterocycles. The SMILES string of the molecule is CC(=O)Nc1ccc(-c2ccc3c(c2)CC2(CCN(C4CCC4)CC2)O3)cc1. The predicted octanol–water partition coefficient (Wildman–Crippen LogP) is 4.63. The molecule has 1 saturated heterocycles. The van der Waals surface area contributed by atoms with Crippen molar-refractivity contribution >= 4 is 11.6 Å². The van der Waals surface area contributed by atoms with Crippen molar-refractivity contribution in [3.63, 3.8) is 0 Å². The molecule has 0 atom stereocenters. The van der Waals surface area contributed by atoms with Gasteiger partial charge in [0.1, 0.15) is 11.4 Å². The van der Waals surface area contributed by atoms with Crippen LogP contribution in [0.15, 0.2) is 42.5 Å². The molecule has 0 bridgehead atoms. The largest absolute Gasteiger partial charge is 0.487 e. The molecule has 2 fully saturated rings. The molecule has 0 aromatic heterocycles. The van der Waals surface area contributed by atoms with E-state index in [1.165, 1.54) is 50.4 Å². The molecule has 5 rings (SSSR count). The van der Waals surface area contributed by atoms with Crippen molar-refractivity contribution in [1.82, 2.24) is 4.90 Å². The van der Waals surface area contributed by atoms with Crippen LogP contribution >= 0.6 is 0 Å². The molecular formula is C24H28N2O2. The summed E-state index contributed by atoms with van der Waals surface area (Å²) in [5.74, 6) is 1.02. The smallest absolute Gasteiger partial charge is 0.221 e. The second-order valence-corrected chi connectivity index (χ2v) is 8.66. The van der Waals surface area contributed by atoms with Crippen LogP contribution in [0.1, 0.15) is 44.6 Å². The molecule has 28 heavy (non-hydrogen) atoms. The predicted molar refractivity (Wildman–Crippen MR) is 112 cm³/mol. The standard InChI is InChI=1S/C24H28N2O2/c1-17(27)25-21-8-5-18(6-9-21)19-7-10-23-20(15-19)16-24(28-23)11-13-26(14-12-24)22-3-2-4-22/h5-10,15,22H,2-4,11-14,16H2,1H3,(H,25,27). The van der Waals surface area contributed by atoms with E-state index >= 15 is 0 Å². The Hall–Kier alpha value is -2.33. The molecule has 0 radical (unpaired) electrons. The molecule has 1 N–H and O–H groups in total. The molecule has 2 aliphatic heterocycles. The fourth-order valence-electron chi connectivity index (χ4n) is 4.89. The van der Waals surface area contributed by atoms with Crippen LogP contribution in [0.4, 0.5) is 5.69 Å². The first-order chi connectivity index (χ1) is 13.6. The lowest BCUT2D eigenvalue weighted by Crippen LogP contribution is -2.52. The molecule has 1 spiro atoms. The first kappa shape index (κ1) is 17.7. The van der Waals surface area contributed by atoms with Crippen molar-refractivity contribution in [3.05, 3.63) is 48.0 Å².